The smallest absolute Gasteiger partial charge is 0.209 e. The monoisotopic (exact) mass is 197 g/mol. The molecule has 0 atom stereocenters. The first-order valence-corrected chi connectivity index (χ1v) is 6.13. The summed E-state index contributed by atoms with van der Waals surface area (Å²) in [5.74, 6) is 0. The first-order valence-electron chi connectivity index (χ1n) is 6.13. The van der Waals surface area contributed by atoms with E-state index in [1.165, 1.54) is 57.8 Å². The maximum atomic E-state index is 10.7. The van der Waals surface area contributed by atoms with Crippen molar-refractivity contribution >= 4 is 6.41 Å². The number of carbonyl (C=O) groups excluding carboxylic acids is 1. The van der Waals surface area contributed by atoms with Crippen LogP contribution in [0.25, 0.3) is 0 Å². The highest BCUT2D eigenvalue weighted by atomic mass is 16.1. The van der Waals surface area contributed by atoms with Crippen molar-refractivity contribution in [3.8, 4) is 0 Å². The molecule has 0 N–H and O–H groups in total. The van der Waals surface area contributed by atoms with Gasteiger partial charge in [-0.1, -0.05) is 44.9 Å². The molecule has 1 saturated heterocycles. The molecule has 1 aliphatic rings. The van der Waals surface area contributed by atoms with E-state index in [0.29, 0.717) is 0 Å². The Morgan fingerprint density at radius 3 is 1.36 bits per heavy atom. The molecule has 82 valence electrons. The second kappa shape index (κ2) is 7.84. The Kier molecular flexibility index (Phi) is 6.46. The minimum absolute atomic E-state index is 0.976. The quantitative estimate of drug-likeness (QED) is 0.592. The van der Waals surface area contributed by atoms with Crippen LogP contribution in [0.5, 0.6) is 0 Å². The van der Waals surface area contributed by atoms with Crippen molar-refractivity contribution in [2.75, 3.05) is 13.1 Å². The van der Waals surface area contributed by atoms with Gasteiger partial charge in [0, 0.05) is 13.1 Å². The first-order chi connectivity index (χ1) is 6.93. The number of carbonyl (C=O) groups is 1. The molecule has 1 heterocycles. The molecule has 0 aromatic rings. The summed E-state index contributed by atoms with van der Waals surface area (Å²) in [5, 5.41) is 0. The van der Waals surface area contributed by atoms with Crippen molar-refractivity contribution in [3.05, 3.63) is 0 Å². The SMILES string of the molecule is O=CN1CCCCCCCCCCC1. The van der Waals surface area contributed by atoms with Gasteiger partial charge in [0.15, 0.2) is 0 Å². The fourth-order valence-electron chi connectivity index (χ4n) is 2.08. The van der Waals surface area contributed by atoms with Crippen molar-refractivity contribution in [1.82, 2.24) is 4.90 Å². The lowest BCUT2D eigenvalue weighted by molar-refractivity contribution is -0.118. The molecule has 1 fully saturated rings. The minimum atomic E-state index is 0.976. The molecule has 1 rings (SSSR count). The summed E-state index contributed by atoms with van der Waals surface area (Å²) in [6.07, 6.45) is 12.9. The summed E-state index contributed by atoms with van der Waals surface area (Å²) in [6, 6.07) is 0. The highest BCUT2D eigenvalue weighted by Gasteiger charge is 2.02. The summed E-state index contributed by atoms with van der Waals surface area (Å²) in [4.78, 5) is 12.6. The van der Waals surface area contributed by atoms with E-state index >= 15 is 0 Å². The fraction of sp³-hybridized carbons (Fsp3) is 0.917. The fourth-order valence-corrected chi connectivity index (χ4v) is 2.08. The second-order valence-electron chi connectivity index (χ2n) is 4.32. The number of amides is 1. The van der Waals surface area contributed by atoms with E-state index in [-0.39, 0.29) is 0 Å². The van der Waals surface area contributed by atoms with E-state index in [4.69, 9.17) is 0 Å². The zero-order valence-corrected chi connectivity index (χ0v) is 9.21. The standard InChI is InChI=1S/C12H23NO/c14-12-13-10-8-6-4-2-1-3-5-7-9-11-13/h12H,1-11H2. The first kappa shape index (κ1) is 11.5. The van der Waals surface area contributed by atoms with Crippen molar-refractivity contribution in [1.29, 1.82) is 0 Å². The Hall–Kier alpha value is -0.530. The minimum Gasteiger partial charge on any atom is -0.345 e. The maximum absolute atomic E-state index is 10.7. The molecule has 2 nitrogen and oxygen atoms in total. The van der Waals surface area contributed by atoms with E-state index in [9.17, 15) is 4.79 Å². The Balaban J connectivity index is 2.20. The summed E-state index contributed by atoms with van der Waals surface area (Å²) >= 11 is 0. The van der Waals surface area contributed by atoms with E-state index in [0.717, 1.165) is 19.5 Å². The van der Waals surface area contributed by atoms with Gasteiger partial charge in [-0.05, 0) is 12.8 Å². The molecule has 0 aromatic carbocycles. The van der Waals surface area contributed by atoms with Gasteiger partial charge >= 0.3 is 0 Å². The van der Waals surface area contributed by atoms with Crippen molar-refractivity contribution in [2.24, 2.45) is 0 Å². The van der Waals surface area contributed by atoms with Crippen LogP contribution in [0, 0.1) is 0 Å². The van der Waals surface area contributed by atoms with E-state index in [1.54, 1.807) is 0 Å². The lowest BCUT2D eigenvalue weighted by Gasteiger charge is -2.17. The van der Waals surface area contributed by atoms with E-state index < -0.39 is 0 Å². The highest BCUT2D eigenvalue weighted by molar-refractivity contribution is 5.46. The van der Waals surface area contributed by atoms with Crippen LogP contribution in [0.15, 0.2) is 0 Å². The molecule has 0 radical (unpaired) electrons. The van der Waals surface area contributed by atoms with Gasteiger partial charge in [0.1, 0.15) is 0 Å². The molecule has 2 heteroatoms. The third-order valence-electron chi connectivity index (χ3n) is 3.04. The molecule has 0 aromatic heterocycles. The molecule has 0 unspecified atom stereocenters. The van der Waals surface area contributed by atoms with Gasteiger partial charge in [0.2, 0.25) is 6.41 Å². The summed E-state index contributed by atoms with van der Waals surface area (Å²) < 4.78 is 0. The number of hydrogen-bond donors (Lipinski definition) is 0. The van der Waals surface area contributed by atoms with E-state index in [1.807, 2.05) is 4.90 Å². The highest BCUT2D eigenvalue weighted by Crippen LogP contribution is 2.11. The van der Waals surface area contributed by atoms with Crippen LogP contribution in [-0.4, -0.2) is 24.4 Å². The Bertz CT molecular complexity index is 135. The lowest BCUT2D eigenvalue weighted by atomic mass is 10.1. The van der Waals surface area contributed by atoms with Gasteiger partial charge in [-0.25, -0.2) is 0 Å². The van der Waals surface area contributed by atoms with Gasteiger partial charge in [-0.2, -0.15) is 0 Å². The maximum Gasteiger partial charge on any atom is 0.209 e. The van der Waals surface area contributed by atoms with Crippen LogP contribution in [-0.2, 0) is 4.79 Å². The van der Waals surface area contributed by atoms with Crippen LogP contribution in [0.3, 0.4) is 0 Å². The normalized spacial score (nSPS) is 22.1. The van der Waals surface area contributed by atoms with Crippen LogP contribution < -0.4 is 0 Å². The van der Waals surface area contributed by atoms with Crippen molar-refractivity contribution < 1.29 is 4.79 Å². The Morgan fingerprint density at radius 1 is 0.643 bits per heavy atom. The van der Waals surface area contributed by atoms with Crippen molar-refractivity contribution in [3.63, 3.8) is 0 Å². The molecule has 14 heavy (non-hydrogen) atoms. The lowest BCUT2D eigenvalue weighted by Crippen LogP contribution is -2.24. The molecule has 0 aliphatic carbocycles. The summed E-state index contributed by atoms with van der Waals surface area (Å²) in [5.41, 5.74) is 0. The average molecular weight is 197 g/mol. The predicted octanol–water partition coefficient (Wildman–Crippen LogP) is 2.97. The van der Waals surface area contributed by atoms with Gasteiger partial charge in [0.05, 0.1) is 0 Å². The van der Waals surface area contributed by atoms with Gasteiger partial charge < -0.3 is 4.90 Å². The zero-order chi connectivity index (χ0) is 10.1. The van der Waals surface area contributed by atoms with Crippen LogP contribution in [0.1, 0.15) is 57.8 Å². The number of nitrogens with zero attached hydrogens (tertiary/aromatic N) is 1. The molecule has 1 aliphatic heterocycles. The van der Waals surface area contributed by atoms with Crippen LogP contribution in [0.2, 0.25) is 0 Å². The molecular weight excluding hydrogens is 174 g/mol. The Labute approximate surface area is 87.7 Å². The van der Waals surface area contributed by atoms with E-state index in [2.05, 4.69) is 0 Å². The summed E-state index contributed by atoms with van der Waals surface area (Å²) in [6.45, 7) is 1.95. The van der Waals surface area contributed by atoms with Crippen LogP contribution >= 0.6 is 0 Å². The van der Waals surface area contributed by atoms with Gasteiger partial charge in [0.25, 0.3) is 0 Å². The Morgan fingerprint density at radius 2 is 1.00 bits per heavy atom. The number of rotatable bonds is 1. The topological polar surface area (TPSA) is 20.3 Å². The largest absolute Gasteiger partial charge is 0.345 e. The molecule has 0 spiro atoms. The number of hydrogen-bond acceptors (Lipinski definition) is 1. The molecule has 1 amide bonds. The predicted molar refractivity (Wildman–Crippen MR) is 59.2 cm³/mol. The molecule has 0 bridgehead atoms. The second-order valence-corrected chi connectivity index (χ2v) is 4.32. The third kappa shape index (κ3) is 5.25. The molecular formula is C12H23NO. The summed E-state index contributed by atoms with van der Waals surface area (Å²) in [7, 11) is 0. The van der Waals surface area contributed by atoms with Crippen molar-refractivity contribution in [2.45, 2.75) is 57.8 Å². The van der Waals surface area contributed by atoms with Crippen LogP contribution in [0.4, 0.5) is 0 Å². The third-order valence-corrected chi connectivity index (χ3v) is 3.04. The zero-order valence-electron chi connectivity index (χ0n) is 9.21. The molecule has 0 saturated carbocycles. The van der Waals surface area contributed by atoms with Gasteiger partial charge in [-0.3, -0.25) is 4.79 Å². The van der Waals surface area contributed by atoms with Gasteiger partial charge in [-0.15, -0.1) is 0 Å². The average Bonchev–Trinajstić information content (AvgIpc) is 2.19.